The minimum absolute atomic E-state index is 0.115. The van der Waals surface area contributed by atoms with Gasteiger partial charge in [-0.1, -0.05) is 0 Å². The Labute approximate surface area is 109 Å². The fraction of sp³-hybridized carbons (Fsp3) is 0.455. The number of halogens is 1. The third-order valence-corrected chi connectivity index (χ3v) is 2.34. The molecule has 0 saturated carbocycles. The van der Waals surface area contributed by atoms with Crippen molar-refractivity contribution in [2.45, 2.75) is 6.92 Å². The second kappa shape index (κ2) is 6.62. The maximum absolute atomic E-state index is 13.9. The molecule has 0 aliphatic carbocycles. The van der Waals surface area contributed by atoms with Crippen molar-refractivity contribution >= 4 is 17.8 Å². The molecule has 0 amide bonds. The van der Waals surface area contributed by atoms with E-state index in [-0.39, 0.29) is 24.6 Å². The number of methoxy groups -OCH3 is 2. The lowest BCUT2D eigenvalue weighted by Gasteiger charge is -2.21. The van der Waals surface area contributed by atoms with E-state index in [1.807, 2.05) is 0 Å². The summed E-state index contributed by atoms with van der Waals surface area (Å²) in [5, 5.41) is 0. The van der Waals surface area contributed by atoms with Crippen LogP contribution in [-0.2, 0) is 19.1 Å². The molecule has 0 atom stereocenters. The molecule has 0 aromatic carbocycles. The lowest BCUT2D eigenvalue weighted by Crippen LogP contribution is -2.37. The fourth-order valence-electron chi connectivity index (χ4n) is 1.31. The van der Waals surface area contributed by atoms with E-state index in [2.05, 4.69) is 19.4 Å². The number of esters is 2. The van der Waals surface area contributed by atoms with Gasteiger partial charge in [0, 0.05) is 0 Å². The summed E-state index contributed by atoms with van der Waals surface area (Å²) >= 11 is 0. The first kappa shape index (κ1) is 14.8. The van der Waals surface area contributed by atoms with Crippen LogP contribution in [-0.4, -0.2) is 49.2 Å². The number of hydrogen-bond acceptors (Lipinski definition) is 7. The molecular formula is C11H14FN3O4. The Hall–Kier alpha value is -2.25. The van der Waals surface area contributed by atoms with Crippen LogP contribution in [0, 0.1) is 12.7 Å². The summed E-state index contributed by atoms with van der Waals surface area (Å²) in [6.07, 6.45) is 1.15. The van der Waals surface area contributed by atoms with Crippen LogP contribution in [0.2, 0.25) is 0 Å². The van der Waals surface area contributed by atoms with E-state index in [4.69, 9.17) is 0 Å². The molecule has 1 aromatic rings. The first-order chi connectivity index (χ1) is 8.99. The number of carbonyl (C=O) groups excluding carboxylic acids is 2. The van der Waals surface area contributed by atoms with E-state index in [0.717, 1.165) is 11.2 Å². The second-order valence-electron chi connectivity index (χ2n) is 3.60. The first-order valence-corrected chi connectivity index (χ1v) is 5.35. The molecule has 0 aliphatic heterocycles. The third kappa shape index (κ3) is 3.87. The molecule has 8 heteroatoms. The summed E-state index contributed by atoms with van der Waals surface area (Å²) in [7, 11) is 2.39. The van der Waals surface area contributed by atoms with Crippen molar-refractivity contribution in [3.8, 4) is 0 Å². The summed E-state index contributed by atoms with van der Waals surface area (Å²) in [5.74, 6) is -2.10. The summed E-state index contributed by atoms with van der Waals surface area (Å²) in [4.78, 5) is 31.1. The van der Waals surface area contributed by atoms with Crippen molar-refractivity contribution in [3.05, 3.63) is 17.8 Å². The number of nitrogens with zero attached hydrogens (tertiary/aromatic N) is 3. The van der Waals surface area contributed by atoms with Crippen molar-refractivity contribution in [1.82, 2.24) is 9.97 Å². The van der Waals surface area contributed by atoms with Gasteiger partial charge in [-0.15, -0.1) is 0 Å². The zero-order valence-electron chi connectivity index (χ0n) is 10.8. The van der Waals surface area contributed by atoms with E-state index in [9.17, 15) is 14.0 Å². The average Bonchev–Trinajstić information content (AvgIpc) is 2.40. The Morgan fingerprint density at radius 1 is 1.21 bits per heavy atom. The zero-order chi connectivity index (χ0) is 14.4. The predicted molar refractivity (Wildman–Crippen MR) is 63.0 cm³/mol. The fourth-order valence-corrected chi connectivity index (χ4v) is 1.31. The minimum atomic E-state index is -0.699. The molecule has 0 saturated heterocycles. The molecule has 1 rings (SSSR count). The van der Waals surface area contributed by atoms with Gasteiger partial charge in [0.1, 0.15) is 19.4 Å². The van der Waals surface area contributed by atoms with Crippen LogP contribution in [0.4, 0.5) is 10.2 Å². The van der Waals surface area contributed by atoms with Gasteiger partial charge in [-0.25, -0.2) is 14.4 Å². The van der Waals surface area contributed by atoms with Gasteiger partial charge in [0.2, 0.25) is 0 Å². The standard InChI is InChI=1S/C11H14FN3O4/c1-7-10(12)11(14-6-13-7)15(4-8(16)18-2)5-9(17)19-3/h6H,4-5H2,1-3H3. The molecule has 0 bridgehead atoms. The Kier molecular flexibility index (Phi) is 5.16. The van der Waals surface area contributed by atoms with Crippen LogP contribution >= 0.6 is 0 Å². The predicted octanol–water partition coefficient (Wildman–Crippen LogP) is 0.0765. The number of carbonyl (C=O) groups is 2. The average molecular weight is 271 g/mol. The molecule has 1 aromatic heterocycles. The molecule has 0 unspecified atom stereocenters. The summed E-state index contributed by atoms with van der Waals surface area (Å²) in [6.45, 7) is 0.812. The highest BCUT2D eigenvalue weighted by atomic mass is 19.1. The van der Waals surface area contributed by atoms with E-state index in [0.29, 0.717) is 0 Å². The molecule has 0 fully saturated rings. The number of aryl methyl sites for hydroxylation is 1. The lowest BCUT2D eigenvalue weighted by atomic mass is 10.3. The van der Waals surface area contributed by atoms with Crippen LogP contribution in [0.15, 0.2) is 6.33 Å². The van der Waals surface area contributed by atoms with Gasteiger partial charge in [-0.05, 0) is 6.92 Å². The van der Waals surface area contributed by atoms with Crippen LogP contribution in [0.5, 0.6) is 0 Å². The SMILES string of the molecule is COC(=O)CN(CC(=O)OC)c1ncnc(C)c1F. The molecule has 104 valence electrons. The van der Waals surface area contributed by atoms with E-state index >= 15 is 0 Å². The van der Waals surface area contributed by atoms with Crippen LogP contribution < -0.4 is 4.90 Å². The highest BCUT2D eigenvalue weighted by Gasteiger charge is 2.21. The molecule has 19 heavy (non-hydrogen) atoms. The maximum atomic E-state index is 13.9. The Morgan fingerprint density at radius 2 is 1.74 bits per heavy atom. The molecule has 0 aliphatic rings. The largest absolute Gasteiger partial charge is 0.468 e. The highest BCUT2D eigenvalue weighted by Crippen LogP contribution is 2.17. The quantitative estimate of drug-likeness (QED) is 0.701. The third-order valence-electron chi connectivity index (χ3n) is 2.34. The number of ether oxygens (including phenoxy) is 2. The van der Waals surface area contributed by atoms with Gasteiger partial charge in [-0.3, -0.25) is 9.59 Å². The second-order valence-corrected chi connectivity index (χ2v) is 3.60. The van der Waals surface area contributed by atoms with Crippen molar-refractivity contribution < 1.29 is 23.5 Å². The highest BCUT2D eigenvalue weighted by molar-refractivity contribution is 5.80. The number of aromatic nitrogens is 2. The van der Waals surface area contributed by atoms with E-state index in [1.165, 1.54) is 21.1 Å². The lowest BCUT2D eigenvalue weighted by molar-refractivity contribution is -0.140. The maximum Gasteiger partial charge on any atom is 0.325 e. The molecule has 7 nitrogen and oxygen atoms in total. The van der Waals surface area contributed by atoms with E-state index in [1.54, 1.807) is 0 Å². The van der Waals surface area contributed by atoms with Crippen LogP contribution in [0.3, 0.4) is 0 Å². The van der Waals surface area contributed by atoms with E-state index < -0.39 is 17.8 Å². The summed E-state index contributed by atoms with van der Waals surface area (Å²) < 4.78 is 22.9. The van der Waals surface area contributed by atoms with Gasteiger partial charge in [-0.2, -0.15) is 0 Å². The van der Waals surface area contributed by atoms with Crippen molar-refractivity contribution in [2.24, 2.45) is 0 Å². The zero-order valence-corrected chi connectivity index (χ0v) is 10.8. The Morgan fingerprint density at radius 3 is 2.21 bits per heavy atom. The van der Waals surface area contributed by atoms with Crippen molar-refractivity contribution in [1.29, 1.82) is 0 Å². The number of anilines is 1. The van der Waals surface area contributed by atoms with Gasteiger partial charge in [0.05, 0.1) is 19.9 Å². The topological polar surface area (TPSA) is 81.6 Å². The summed E-state index contributed by atoms with van der Waals surface area (Å²) in [6, 6.07) is 0. The smallest absolute Gasteiger partial charge is 0.325 e. The molecule has 0 radical (unpaired) electrons. The molecular weight excluding hydrogens is 257 g/mol. The normalized spacial score (nSPS) is 9.89. The molecule has 1 heterocycles. The Bertz CT molecular complexity index is 463. The van der Waals surface area contributed by atoms with Crippen LogP contribution in [0.1, 0.15) is 5.69 Å². The number of hydrogen-bond donors (Lipinski definition) is 0. The van der Waals surface area contributed by atoms with Crippen LogP contribution in [0.25, 0.3) is 0 Å². The molecule has 0 N–H and O–H groups in total. The van der Waals surface area contributed by atoms with Crippen molar-refractivity contribution in [3.63, 3.8) is 0 Å². The van der Waals surface area contributed by atoms with Gasteiger partial charge in [0.25, 0.3) is 0 Å². The van der Waals surface area contributed by atoms with Gasteiger partial charge < -0.3 is 14.4 Å². The monoisotopic (exact) mass is 271 g/mol. The first-order valence-electron chi connectivity index (χ1n) is 5.35. The molecule has 0 spiro atoms. The van der Waals surface area contributed by atoms with Gasteiger partial charge in [0.15, 0.2) is 11.6 Å². The number of rotatable bonds is 5. The van der Waals surface area contributed by atoms with Gasteiger partial charge >= 0.3 is 11.9 Å². The minimum Gasteiger partial charge on any atom is -0.468 e. The van der Waals surface area contributed by atoms with Crippen molar-refractivity contribution in [2.75, 3.05) is 32.2 Å². The summed E-state index contributed by atoms with van der Waals surface area (Å²) in [5.41, 5.74) is 0.115. The Balaban J connectivity index is 3.04.